The van der Waals surface area contributed by atoms with Crippen LogP contribution in [0.15, 0.2) is 60.7 Å². The second-order valence-electron chi connectivity index (χ2n) is 23.4. The molecule has 5 N–H and O–H groups in total. The van der Waals surface area contributed by atoms with Crippen LogP contribution in [0.4, 0.5) is 0 Å². The quantitative estimate of drug-likeness (QED) is 0.161. The highest BCUT2D eigenvalue weighted by atomic mass is 16.6. The summed E-state index contributed by atoms with van der Waals surface area (Å²) < 4.78 is 6.08. The maximum Gasteiger partial charge on any atom is 0.332 e. The highest BCUT2D eigenvalue weighted by Crippen LogP contribution is 2.27. The van der Waals surface area contributed by atoms with Crippen molar-refractivity contribution in [2.75, 3.05) is 41.3 Å². The van der Waals surface area contributed by atoms with Crippen LogP contribution in [0.5, 0.6) is 0 Å². The number of nitrogens with zero attached hydrogens (tertiary/aromatic N) is 5. The summed E-state index contributed by atoms with van der Waals surface area (Å²) in [5, 5.41) is 30.4. The van der Waals surface area contributed by atoms with Crippen molar-refractivity contribution in [2.45, 2.75) is 187 Å². The Bertz CT molecular complexity index is 2430. The van der Waals surface area contributed by atoms with Crippen molar-refractivity contribution in [1.82, 2.24) is 40.4 Å². The van der Waals surface area contributed by atoms with Crippen molar-refractivity contribution < 1.29 is 58.1 Å². The summed E-state index contributed by atoms with van der Waals surface area (Å²) in [6, 6.07) is 7.71. The predicted octanol–water partition coefficient (Wildman–Crippen LogP) is 3.49. The van der Waals surface area contributed by atoms with Gasteiger partial charge in [0, 0.05) is 60.1 Å². The number of benzene rings is 2. The molecule has 2 aliphatic heterocycles. The van der Waals surface area contributed by atoms with E-state index in [0.717, 1.165) is 4.90 Å². The van der Waals surface area contributed by atoms with Crippen LogP contribution in [0.1, 0.15) is 125 Å². The second kappa shape index (κ2) is 29.9. The van der Waals surface area contributed by atoms with Crippen molar-refractivity contribution in [1.29, 1.82) is 0 Å². The van der Waals surface area contributed by atoms with Gasteiger partial charge >= 0.3 is 5.97 Å². The Morgan fingerprint density at radius 3 is 1.69 bits per heavy atom. The monoisotopic (exact) mass is 1120 g/mol. The molecule has 2 aliphatic rings. The molecular weight excluding hydrogens is 1020 g/mol. The molecule has 20 heteroatoms. The minimum Gasteiger partial charge on any atom is -0.450 e. The Hall–Kier alpha value is -6.41. The number of rotatable bonds is 15. The molecule has 0 saturated carbocycles. The molecule has 2 fully saturated rings. The molecule has 4 rings (SSSR count). The lowest BCUT2D eigenvalue weighted by Gasteiger charge is -2.39. The van der Waals surface area contributed by atoms with E-state index in [1.165, 1.54) is 61.6 Å². The van der Waals surface area contributed by atoms with E-state index in [0.29, 0.717) is 30.4 Å². The van der Waals surface area contributed by atoms with Crippen molar-refractivity contribution in [3.8, 4) is 0 Å². The number of carbonyl (C=O) groups excluding carboxylic acids is 9. The zero-order valence-corrected chi connectivity index (χ0v) is 49.8. The number of ether oxygens (including phenoxy) is 1. The van der Waals surface area contributed by atoms with Gasteiger partial charge in [-0.1, -0.05) is 122 Å². The van der Waals surface area contributed by atoms with Gasteiger partial charge in [0.25, 0.3) is 5.91 Å². The van der Waals surface area contributed by atoms with E-state index < -0.39 is 131 Å². The highest BCUT2D eigenvalue weighted by molar-refractivity contribution is 5.99. The first kappa shape index (κ1) is 66.1. The molecule has 0 bridgehead atoms. The first-order valence-electron chi connectivity index (χ1n) is 28.5. The van der Waals surface area contributed by atoms with Gasteiger partial charge < -0.3 is 55.4 Å². The lowest BCUT2D eigenvalue weighted by Crippen LogP contribution is -2.62. The van der Waals surface area contributed by atoms with Gasteiger partial charge in [-0.05, 0) is 81.3 Å². The number of amides is 8. The molecule has 11 atom stereocenters. The normalized spacial score (nSPS) is 26.2. The number of nitrogens with one attached hydrogen (secondary N) is 3. The highest BCUT2D eigenvalue weighted by Gasteiger charge is 2.48. The molecule has 0 aromatic heterocycles. The summed E-state index contributed by atoms with van der Waals surface area (Å²) >= 11 is 0. The number of carbonyl (C=O) groups is 9. The summed E-state index contributed by atoms with van der Waals surface area (Å²) in [5.41, 5.74) is -0.598. The summed E-state index contributed by atoms with van der Waals surface area (Å²) in [6.07, 6.45) is -0.0455. The molecule has 80 heavy (non-hydrogen) atoms. The third-order valence-electron chi connectivity index (χ3n) is 15.9. The van der Waals surface area contributed by atoms with E-state index in [2.05, 4.69) is 16.0 Å². The van der Waals surface area contributed by atoms with Crippen molar-refractivity contribution in [3.05, 3.63) is 71.8 Å². The van der Waals surface area contributed by atoms with E-state index in [4.69, 9.17) is 4.74 Å². The molecule has 2 aromatic rings. The van der Waals surface area contributed by atoms with Crippen LogP contribution >= 0.6 is 0 Å². The maximum atomic E-state index is 15.3. The lowest BCUT2D eigenvalue weighted by molar-refractivity contribution is -0.177. The SMILES string of the molecule is CC[C@@H](C)[C@@H]1NC(=O)[C@@H]2CCCN2C(=O)[C@H](Cc2ccccc2)N(C)C(=O)[C@H](Cc2ccccc2)NC(=O)[C@H](C(C)C)N(C)C(=O)[C@@H]([C@H](C)CC)OC(=O)[C@H](C(C)(C)O)N(C)C(=O)[C@H](CC(C)C)NC(=O)[C@H](CCCO)N(C)C1=O. The fourth-order valence-electron chi connectivity index (χ4n) is 10.9. The molecule has 2 heterocycles. The van der Waals surface area contributed by atoms with Crippen LogP contribution in [0.25, 0.3) is 0 Å². The minimum absolute atomic E-state index is 0.0175. The van der Waals surface area contributed by atoms with Gasteiger partial charge in [0.2, 0.25) is 41.4 Å². The summed E-state index contributed by atoms with van der Waals surface area (Å²) in [7, 11) is 5.56. The van der Waals surface area contributed by atoms with Crippen LogP contribution in [-0.4, -0.2) is 189 Å². The number of aliphatic hydroxyl groups is 2. The Morgan fingerprint density at radius 1 is 0.625 bits per heavy atom. The van der Waals surface area contributed by atoms with Crippen LogP contribution in [0.2, 0.25) is 0 Å². The third-order valence-corrected chi connectivity index (χ3v) is 15.9. The molecule has 2 aromatic carbocycles. The molecule has 2 saturated heterocycles. The lowest BCUT2D eigenvalue weighted by atomic mass is 9.94. The Morgan fingerprint density at radius 2 is 1.16 bits per heavy atom. The van der Waals surface area contributed by atoms with Crippen LogP contribution in [0, 0.1) is 23.7 Å². The van der Waals surface area contributed by atoms with E-state index in [1.54, 1.807) is 58.9 Å². The first-order chi connectivity index (χ1) is 37.6. The van der Waals surface area contributed by atoms with Gasteiger partial charge in [0.1, 0.15) is 42.3 Å². The van der Waals surface area contributed by atoms with Gasteiger partial charge in [-0.3, -0.25) is 38.4 Å². The number of likely N-dealkylation sites (N-methyl/N-ethyl adjacent to an activating group) is 4. The Balaban J connectivity index is 1.98. The standard InChI is InChI=1S/C60H92N8O12/c1-15-38(7)47-57(76)64(11)44(30-24-32-69)51(70)61-42(33-36(3)4)55(74)67(14)50(60(9,10)79)59(78)80-49(39(8)16-2)58(77)66(13)48(37(5)6)53(72)62-43(34-40-25-19-17-20-26-40)54(73)65(12)46(35-41-27-21-18-22-28-41)56(75)68-31-23-29-45(68)52(71)63-47/h17-22,25-28,36-39,42-50,69,79H,15-16,23-24,29-35H2,1-14H3,(H,61,70)(H,62,72)(H,63,71)/t38-,39-,42+,43+,44+,45+,46+,47+,48+,49-,50-/m1/s1. The van der Waals surface area contributed by atoms with Crippen molar-refractivity contribution in [3.63, 3.8) is 0 Å². The van der Waals surface area contributed by atoms with Gasteiger partial charge in [0.15, 0.2) is 12.1 Å². The molecule has 0 unspecified atom stereocenters. The van der Waals surface area contributed by atoms with Gasteiger partial charge in [0.05, 0.1) is 5.60 Å². The van der Waals surface area contributed by atoms with Crippen LogP contribution < -0.4 is 16.0 Å². The smallest absolute Gasteiger partial charge is 0.332 e. The van der Waals surface area contributed by atoms with E-state index in [-0.39, 0.29) is 57.6 Å². The van der Waals surface area contributed by atoms with Crippen LogP contribution in [0.3, 0.4) is 0 Å². The van der Waals surface area contributed by atoms with E-state index in [1.807, 2.05) is 57.2 Å². The zero-order chi connectivity index (χ0) is 59.9. The maximum absolute atomic E-state index is 15.3. The summed E-state index contributed by atoms with van der Waals surface area (Å²) in [4.78, 5) is 140. The Kier molecular flexibility index (Phi) is 24.7. The molecule has 0 aliphatic carbocycles. The Labute approximate surface area is 474 Å². The molecule has 8 amide bonds. The molecule has 0 radical (unpaired) electrons. The topological polar surface area (TPSA) is 256 Å². The van der Waals surface area contributed by atoms with E-state index in [9.17, 15) is 43.8 Å². The second-order valence-corrected chi connectivity index (χ2v) is 23.4. The molecule has 20 nitrogen and oxygen atoms in total. The number of aliphatic hydroxyl groups excluding tert-OH is 1. The average molecular weight is 1120 g/mol. The first-order valence-corrected chi connectivity index (χ1v) is 28.5. The van der Waals surface area contributed by atoms with Crippen LogP contribution in [-0.2, 0) is 60.7 Å². The molecular formula is C60H92N8O12. The largest absolute Gasteiger partial charge is 0.450 e. The van der Waals surface area contributed by atoms with E-state index >= 15 is 9.59 Å². The number of fused-ring (bicyclic) bond motifs is 1. The molecule has 0 spiro atoms. The summed E-state index contributed by atoms with van der Waals surface area (Å²) in [5.74, 6) is -8.52. The predicted molar refractivity (Wildman–Crippen MR) is 303 cm³/mol. The van der Waals surface area contributed by atoms with Gasteiger partial charge in [-0.15, -0.1) is 0 Å². The minimum atomic E-state index is -2.00. The number of hydrogen-bond acceptors (Lipinski definition) is 12. The number of cyclic esters (lactones) is 1. The van der Waals surface area contributed by atoms with Crippen molar-refractivity contribution >= 4 is 53.2 Å². The number of hydrogen-bond donors (Lipinski definition) is 5. The fourth-order valence-corrected chi connectivity index (χ4v) is 10.9. The average Bonchev–Trinajstić information content (AvgIpc) is 3.91. The number of esters is 1. The summed E-state index contributed by atoms with van der Waals surface area (Å²) in [6.45, 7) is 16.6. The van der Waals surface area contributed by atoms with Crippen molar-refractivity contribution in [2.24, 2.45) is 23.7 Å². The zero-order valence-electron chi connectivity index (χ0n) is 49.8. The molecule has 444 valence electrons. The van der Waals surface area contributed by atoms with Gasteiger partial charge in [-0.2, -0.15) is 0 Å². The fraction of sp³-hybridized carbons (Fsp3) is 0.650. The third kappa shape index (κ3) is 16.8. The van der Waals surface area contributed by atoms with Gasteiger partial charge in [-0.25, -0.2) is 4.79 Å².